The van der Waals surface area contributed by atoms with E-state index in [2.05, 4.69) is 10.6 Å². The zero-order valence-electron chi connectivity index (χ0n) is 14.7. The molecule has 0 aliphatic heterocycles. The summed E-state index contributed by atoms with van der Waals surface area (Å²) < 4.78 is 12.3. The van der Waals surface area contributed by atoms with Crippen LogP contribution in [0.15, 0.2) is 54.6 Å². The van der Waals surface area contributed by atoms with Crippen molar-refractivity contribution in [3.05, 3.63) is 65.7 Å². The van der Waals surface area contributed by atoms with Gasteiger partial charge in [-0.05, 0) is 37.4 Å². The van der Waals surface area contributed by atoms with Crippen LogP contribution in [0.4, 0.5) is 10.5 Å². The van der Waals surface area contributed by atoms with Gasteiger partial charge in [0.25, 0.3) is 0 Å². The number of nitrogens with zero attached hydrogens (tertiary/aromatic N) is 1. The number of hydrogen-bond acceptors (Lipinski definition) is 3. The maximum absolute atomic E-state index is 12.3. The topological polar surface area (TPSA) is 61.4 Å². The Hall–Kier alpha value is -2.18. The fourth-order valence-corrected chi connectivity index (χ4v) is 3.52. The monoisotopic (exact) mass is 359 g/mol. The average molecular weight is 359 g/mol. The summed E-state index contributed by atoms with van der Waals surface area (Å²) in [4.78, 5) is 13.9. The third-order valence-corrected chi connectivity index (χ3v) is 4.84. The van der Waals surface area contributed by atoms with E-state index in [-0.39, 0.29) is 6.03 Å². The lowest BCUT2D eigenvalue weighted by atomic mass is 10.2. The first kappa shape index (κ1) is 19.1. The number of rotatable bonds is 8. The van der Waals surface area contributed by atoms with Gasteiger partial charge in [-0.2, -0.15) is 0 Å². The lowest BCUT2D eigenvalue weighted by Crippen LogP contribution is -2.34. The van der Waals surface area contributed by atoms with Crippen molar-refractivity contribution >= 4 is 22.5 Å². The Kier molecular flexibility index (Phi) is 7.63. The largest absolute Gasteiger partial charge is 0.337 e. The average Bonchev–Trinajstić information content (AvgIpc) is 2.55. The standard InChI is InChI=1S/C19H25N3O2S/c1-22(2)12-11-20-19(23)21-18-10-6-9-17(13-18)15-25(24)14-16-7-4-3-5-8-16/h3-10,13H,11-12,14-15H2,1-2H3,(H2,20,21,23)/t25-/m0/s1. The van der Waals surface area contributed by atoms with Crippen LogP contribution in [-0.2, 0) is 22.3 Å². The summed E-state index contributed by atoms with van der Waals surface area (Å²) in [5.41, 5.74) is 2.72. The van der Waals surface area contributed by atoms with Crippen molar-refractivity contribution in [2.45, 2.75) is 11.5 Å². The summed E-state index contributed by atoms with van der Waals surface area (Å²) >= 11 is 0. The summed E-state index contributed by atoms with van der Waals surface area (Å²) in [5, 5.41) is 5.62. The van der Waals surface area contributed by atoms with Gasteiger partial charge >= 0.3 is 6.03 Å². The predicted octanol–water partition coefficient (Wildman–Crippen LogP) is 2.82. The number of anilines is 1. The highest BCUT2D eigenvalue weighted by Crippen LogP contribution is 2.14. The van der Waals surface area contributed by atoms with Crippen LogP contribution in [-0.4, -0.2) is 42.3 Å². The first-order valence-corrected chi connectivity index (χ1v) is 9.69. The number of carbonyl (C=O) groups excluding carboxylic acids is 1. The van der Waals surface area contributed by atoms with E-state index in [4.69, 9.17) is 0 Å². The molecule has 134 valence electrons. The van der Waals surface area contributed by atoms with Crippen LogP contribution in [0, 0.1) is 0 Å². The minimum Gasteiger partial charge on any atom is -0.337 e. The molecule has 0 aromatic heterocycles. The van der Waals surface area contributed by atoms with Crippen molar-refractivity contribution in [2.24, 2.45) is 0 Å². The van der Waals surface area contributed by atoms with Crippen LogP contribution >= 0.6 is 0 Å². The van der Waals surface area contributed by atoms with Gasteiger partial charge in [0.1, 0.15) is 0 Å². The molecule has 25 heavy (non-hydrogen) atoms. The Bertz CT molecular complexity index is 705. The molecule has 0 fully saturated rings. The van der Waals surface area contributed by atoms with Gasteiger partial charge in [0.15, 0.2) is 0 Å². The van der Waals surface area contributed by atoms with Crippen LogP contribution in [0.3, 0.4) is 0 Å². The molecule has 0 aliphatic rings. The highest BCUT2D eigenvalue weighted by molar-refractivity contribution is 7.83. The van der Waals surface area contributed by atoms with E-state index in [1.807, 2.05) is 73.6 Å². The van der Waals surface area contributed by atoms with E-state index in [1.54, 1.807) is 0 Å². The van der Waals surface area contributed by atoms with Crippen molar-refractivity contribution in [1.82, 2.24) is 10.2 Å². The Morgan fingerprint density at radius 2 is 1.68 bits per heavy atom. The molecule has 2 aromatic carbocycles. The van der Waals surface area contributed by atoms with Gasteiger partial charge in [-0.25, -0.2) is 4.79 Å². The van der Waals surface area contributed by atoms with Crippen LogP contribution in [0.1, 0.15) is 11.1 Å². The van der Waals surface area contributed by atoms with E-state index in [0.717, 1.165) is 17.7 Å². The number of likely N-dealkylation sites (N-methyl/N-ethyl adjacent to an activating group) is 1. The molecule has 0 saturated heterocycles. The lowest BCUT2D eigenvalue weighted by Gasteiger charge is -2.12. The highest BCUT2D eigenvalue weighted by Gasteiger charge is 2.06. The zero-order chi connectivity index (χ0) is 18.1. The molecule has 0 bridgehead atoms. The Morgan fingerprint density at radius 1 is 1.00 bits per heavy atom. The molecule has 6 heteroatoms. The molecule has 2 aromatic rings. The first-order chi connectivity index (χ1) is 12.0. The second kappa shape index (κ2) is 9.96. The molecule has 0 unspecified atom stereocenters. The van der Waals surface area contributed by atoms with Crippen LogP contribution in [0.5, 0.6) is 0 Å². The predicted molar refractivity (Wildman–Crippen MR) is 104 cm³/mol. The molecule has 2 N–H and O–H groups in total. The van der Waals surface area contributed by atoms with Gasteiger partial charge in [0.05, 0.1) is 0 Å². The molecule has 5 nitrogen and oxygen atoms in total. The van der Waals surface area contributed by atoms with Crippen LogP contribution in [0.25, 0.3) is 0 Å². The maximum Gasteiger partial charge on any atom is 0.319 e. The van der Waals surface area contributed by atoms with E-state index < -0.39 is 10.8 Å². The first-order valence-electron chi connectivity index (χ1n) is 8.20. The fraction of sp³-hybridized carbons (Fsp3) is 0.316. The van der Waals surface area contributed by atoms with E-state index >= 15 is 0 Å². The lowest BCUT2D eigenvalue weighted by molar-refractivity contribution is 0.250. The van der Waals surface area contributed by atoms with E-state index in [0.29, 0.717) is 23.7 Å². The third kappa shape index (κ3) is 7.49. The number of benzene rings is 2. The quantitative estimate of drug-likeness (QED) is 0.762. The van der Waals surface area contributed by atoms with Crippen molar-refractivity contribution in [2.75, 3.05) is 32.5 Å². The maximum atomic E-state index is 12.3. The molecular weight excluding hydrogens is 334 g/mol. The fourth-order valence-electron chi connectivity index (χ4n) is 2.30. The number of amides is 2. The second-order valence-electron chi connectivity index (χ2n) is 6.10. The smallest absolute Gasteiger partial charge is 0.319 e. The third-order valence-electron chi connectivity index (χ3n) is 3.53. The summed E-state index contributed by atoms with van der Waals surface area (Å²) in [6, 6.07) is 17.1. The van der Waals surface area contributed by atoms with Gasteiger partial charge in [-0.15, -0.1) is 0 Å². The van der Waals surface area contributed by atoms with E-state index in [1.165, 1.54) is 0 Å². The van der Waals surface area contributed by atoms with Gasteiger partial charge in [-0.3, -0.25) is 4.21 Å². The molecule has 2 amide bonds. The summed E-state index contributed by atoms with van der Waals surface area (Å²) in [6.07, 6.45) is 0. The SMILES string of the molecule is CN(C)CCNC(=O)Nc1cccc(C[S@@](=O)Cc2ccccc2)c1. The normalized spacial score (nSPS) is 12.0. The number of hydrogen-bond donors (Lipinski definition) is 2. The second-order valence-corrected chi connectivity index (χ2v) is 7.56. The van der Waals surface area contributed by atoms with Crippen molar-refractivity contribution < 1.29 is 9.00 Å². The molecule has 1 atom stereocenters. The van der Waals surface area contributed by atoms with Gasteiger partial charge in [-0.1, -0.05) is 42.5 Å². The van der Waals surface area contributed by atoms with Gasteiger partial charge in [0, 0.05) is 41.1 Å². The minimum atomic E-state index is -0.987. The summed E-state index contributed by atoms with van der Waals surface area (Å²) in [7, 11) is 2.93. The van der Waals surface area contributed by atoms with Crippen LogP contribution < -0.4 is 10.6 Å². The van der Waals surface area contributed by atoms with E-state index in [9.17, 15) is 9.00 Å². The molecule has 0 aliphatic carbocycles. The minimum absolute atomic E-state index is 0.232. The van der Waals surface area contributed by atoms with Gasteiger partial charge in [0.2, 0.25) is 0 Å². The molecule has 0 heterocycles. The Balaban J connectivity index is 1.85. The molecular formula is C19H25N3O2S. The molecule has 2 rings (SSSR count). The summed E-state index contributed by atoms with van der Waals surface area (Å²) in [5.74, 6) is 0.996. The number of carbonyl (C=O) groups is 1. The zero-order valence-corrected chi connectivity index (χ0v) is 15.5. The van der Waals surface area contributed by atoms with Gasteiger partial charge < -0.3 is 15.5 Å². The molecule has 0 saturated carbocycles. The van der Waals surface area contributed by atoms with Crippen LogP contribution in [0.2, 0.25) is 0 Å². The highest BCUT2D eigenvalue weighted by atomic mass is 32.2. The van der Waals surface area contributed by atoms with Crippen molar-refractivity contribution in [3.63, 3.8) is 0 Å². The van der Waals surface area contributed by atoms with Crippen molar-refractivity contribution in [1.29, 1.82) is 0 Å². The van der Waals surface area contributed by atoms with Crippen molar-refractivity contribution in [3.8, 4) is 0 Å². The molecule has 0 radical (unpaired) electrons. The Labute approximate surface area is 151 Å². The number of urea groups is 1. The number of nitrogens with one attached hydrogen (secondary N) is 2. The summed E-state index contributed by atoms with van der Waals surface area (Å²) in [6.45, 7) is 1.37. The Morgan fingerprint density at radius 3 is 2.40 bits per heavy atom. The molecule has 0 spiro atoms.